The molecule has 3 rings (SSSR count). The number of morpholine rings is 1. The van der Waals surface area contributed by atoms with Crippen molar-refractivity contribution in [3.05, 3.63) is 18.5 Å². The second kappa shape index (κ2) is 5.33. The summed E-state index contributed by atoms with van der Waals surface area (Å²) in [7, 11) is 0. The van der Waals surface area contributed by atoms with E-state index >= 15 is 0 Å². The number of nitrogens with zero attached hydrogens (tertiary/aromatic N) is 3. The molecule has 1 atom stereocenters. The van der Waals surface area contributed by atoms with Crippen molar-refractivity contribution in [2.24, 2.45) is 0 Å². The minimum absolute atomic E-state index is 0.173. The lowest BCUT2D eigenvalue weighted by Gasteiger charge is -2.33. The van der Waals surface area contributed by atoms with E-state index in [4.69, 9.17) is 9.84 Å². The summed E-state index contributed by atoms with van der Waals surface area (Å²) in [6.45, 7) is 2.15. The molecule has 0 bridgehead atoms. The maximum atomic E-state index is 10.5. The van der Waals surface area contributed by atoms with Gasteiger partial charge in [-0.1, -0.05) is 0 Å². The van der Waals surface area contributed by atoms with Crippen molar-refractivity contribution in [3.8, 4) is 0 Å². The molecule has 2 aromatic rings. The first-order valence-corrected chi connectivity index (χ1v) is 6.35. The molecule has 0 saturated carbocycles. The van der Waals surface area contributed by atoms with Crippen molar-refractivity contribution in [1.29, 1.82) is 0 Å². The highest BCUT2D eigenvalue weighted by atomic mass is 16.5. The van der Waals surface area contributed by atoms with Crippen molar-refractivity contribution in [2.75, 3.05) is 31.1 Å². The van der Waals surface area contributed by atoms with Crippen LogP contribution < -0.4 is 10.2 Å². The number of anilines is 1. The Hall–Kier alpha value is -2.35. The van der Waals surface area contributed by atoms with Gasteiger partial charge in [0.1, 0.15) is 0 Å². The van der Waals surface area contributed by atoms with Crippen molar-refractivity contribution >= 4 is 22.8 Å². The topological polar surface area (TPSA) is 103 Å². The Morgan fingerprint density at radius 1 is 1.65 bits per heavy atom. The number of amides is 1. The quantitative estimate of drug-likeness (QED) is 0.751. The van der Waals surface area contributed by atoms with Crippen LogP contribution in [0.3, 0.4) is 0 Å². The monoisotopic (exact) mass is 277 g/mol. The first kappa shape index (κ1) is 12.7. The lowest BCUT2D eigenvalue weighted by Crippen LogP contribution is -2.47. The van der Waals surface area contributed by atoms with Crippen LogP contribution in [0.15, 0.2) is 18.5 Å². The van der Waals surface area contributed by atoms with E-state index in [2.05, 4.69) is 25.4 Å². The number of carbonyl (C=O) groups is 1. The fourth-order valence-electron chi connectivity index (χ4n) is 2.33. The molecule has 1 unspecified atom stereocenters. The van der Waals surface area contributed by atoms with Crippen LogP contribution in [0.2, 0.25) is 0 Å². The molecule has 8 heteroatoms. The summed E-state index contributed by atoms with van der Waals surface area (Å²) in [6.07, 6.45) is 2.25. The molecule has 20 heavy (non-hydrogen) atoms. The minimum Gasteiger partial charge on any atom is -0.465 e. The molecule has 0 aliphatic carbocycles. The smallest absolute Gasteiger partial charge is 0.404 e. The van der Waals surface area contributed by atoms with Gasteiger partial charge in [-0.25, -0.2) is 4.79 Å². The Morgan fingerprint density at radius 3 is 3.40 bits per heavy atom. The Morgan fingerprint density at radius 2 is 2.55 bits per heavy atom. The van der Waals surface area contributed by atoms with Crippen molar-refractivity contribution < 1.29 is 14.6 Å². The van der Waals surface area contributed by atoms with Gasteiger partial charge >= 0.3 is 6.09 Å². The van der Waals surface area contributed by atoms with Crippen molar-refractivity contribution in [2.45, 2.75) is 6.10 Å². The van der Waals surface area contributed by atoms with E-state index in [-0.39, 0.29) is 12.6 Å². The molecule has 1 saturated heterocycles. The van der Waals surface area contributed by atoms with Crippen LogP contribution in [0, 0.1) is 0 Å². The first-order chi connectivity index (χ1) is 9.74. The number of nitrogens with one attached hydrogen (secondary N) is 2. The van der Waals surface area contributed by atoms with E-state index in [1.165, 1.54) is 0 Å². The molecule has 0 radical (unpaired) electrons. The van der Waals surface area contributed by atoms with Gasteiger partial charge in [-0.2, -0.15) is 5.10 Å². The number of hydrogen-bond donors (Lipinski definition) is 3. The highest BCUT2D eigenvalue weighted by Gasteiger charge is 2.23. The zero-order valence-electron chi connectivity index (χ0n) is 10.7. The third-order valence-electron chi connectivity index (χ3n) is 3.26. The summed E-state index contributed by atoms with van der Waals surface area (Å²) in [4.78, 5) is 16.7. The molecular formula is C12H15N5O3. The van der Waals surface area contributed by atoms with E-state index in [1.807, 2.05) is 6.07 Å². The summed E-state index contributed by atoms with van der Waals surface area (Å²) < 4.78 is 5.55. The van der Waals surface area contributed by atoms with Gasteiger partial charge in [-0.3, -0.25) is 10.1 Å². The average molecular weight is 277 g/mol. The number of fused-ring (bicyclic) bond motifs is 1. The molecule has 0 spiro atoms. The van der Waals surface area contributed by atoms with Crippen molar-refractivity contribution in [1.82, 2.24) is 20.5 Å². The van der Waals surface area contributed by atoms with Crippen LogP contribution >= 0.6 is 0 Å². The van der Waals surface area contributed by atoms with Crippen LogP contribution in [0.4, 0.5) is 10.6 Å². The van der Waals surface area contributed by atoms with Gasteiger partial charge in [-0.05, 0) is 6.07 Å². The molecule has 1 fully saturated rings. The average Bonchev–Trinajstić information content (AvgIpc) is 2.89. The lowest BCUT2D eigenvalue weighted by atomic mass is 10.2. The van der Waals surface area contributed by atoms with Gasteiger partial charge < -0.3 is 20.1 Å². The highest BCUT2D eigenvalue weighted by molar-refractivity contribution is 5.89. The van der Waals surface area contributed by atoms with Crippen LogP contribution in [-0.4, -0.2) is 58.7 Å². The number of carboxylic acid groups (broad SMARTS) is 1. The molecule has 1 aliphatic heterocycles. The summed E-state index contributed by atoms with van der Waals surface area (Å²) in [5, 5.41) is 19.2. The maximum absolute atomic E-state index is 10.5. The SMILES string of the molecule is O=C(O)NCC1CN(c2n[nH]c3cnccc23)CCO1. The van der Waals surface area contributed by atoms with E-state index in [0.717, 1.165) is 23.3 Å². The van der Waals surface area contributed by atoms with Crippen LogP contribution in [-0.2, 0) is 4.74 Å². The Kier molecular flexibility index (Phi) is 3.38. The summed E-state index contributed by atoms with van der Waals surface area (Å²) in [6, 6.07) is 1.91. The third-order valence-corrected chi connectivity index (χ3v) is 3.26. The fraction of sp³-hybridized carbons (Fsp3) is 0.417. The zero-order chi connectivity index (χ0) is 13.9. The fourth-order valence-corrected chi connectivity index (χ4v) is 2.33. The highest BCUT2D eigenvalue weighted by Crippen LogP contribution is 2.24. The molecule has 2 aromatic heterocycles. The Bertz CT molecular complexity index is 614. The zero-order valence-corrected chi connectivity index (χ0v) is 10.7. The van der Waals surface area contributed by atoms with Crippen LogP contribution in [0.1, 0.15) is 0 Å². The number of aromatic amines is 1. The number of H-pyrrole nitrogens is 1. The van der Waals surface area contributed by atoms with Gasteiger partial charge in [0.25, 0.3) is 0 Å². The van der Waals surface area contributed by atoms with Gasteiger partial charge in [0.2, 0.25) is 0 Å². The second-order valence-electron chi connectivity index (χ2n) is 4.59. The molecule has 106 valence electrons. The van der Waals surface area contributed by atoms with Crippen LogP contribution in [0.25, 0.3) is 10.9 Å². The molecule has 0 aromatic carbocycles. The minimum atomic E-state index is -1.04. The molecular weight excluding hydrogens is 262 g/mol. The molecule has 1 amide bonds. The van der Waals surface area contributed by atoms with Gasteiger partial charge in [-0.15, -0.1) is 0 Å². The Balaban J connectivity index is 1.75. The van der Waals surface area contributed by atoms with Crippen LogP contribution in [0.5, 0.6) is 0 Å². The molecule has 8 nitrogen and oxygen atoms in total. The van der Waals surface area contributed by atoms with E-state index in [0.29, 0.717) is 13.2 Å². The van der Waals surface area contributed by atoms with E-state index < -0.39 is 6.09 Å². The number of pyridine rings is 1. The van der Waals surface area contributed by atoms with Gasteiger partial charge in [0, 0.05) is 31.2 Å². The van der Waals surface area contributed by atoms with E-state index in [9.17, 15) is 4.79 Å². The summed E-state index contributed by atoms with van der Waals surface area (Å²) in [5.74, 6) is 0.853. The van der Waals surface area contributed by atoms with Crippen molar-refractivity contribution in [3.63, 3.8) is 0 Å². The number of rotatable bonds is 3. The largest absolute Gasteiger partial charge is 0.465 e. The van der Waals surface area contributed by atoms with Gasteiger partial charge in [0.05, 0.1) is 24.4 Å². The standard InChI is InChI=1S/C12H15N5O3/c18-12(19)14-5-8-7-17(3-4-20-8)11-9-1-2-13-6-10(9)15-16-11/h1-2,6,8,14H,3-5,7H2,(H,15,16)(H,18,19). The van der Waals surface area contributed by atoms with Gasteiger partial charge in [0.15, 0.2) is 5.82 Å². The normalized spacial score (nSPS) is 19.2. The predicted molar refractivity (Wildman–Crippen MR) is 71.9 cm³/mol. The summed E-state index contributed by atoms with van der Waals surface area (Å²) in [5.41, 5.74) is 0.884. The Labute approximate surface area is 114 Å². The predicted octanol–water partition coefficient (Wildman–Crippen LogP) is 0.431. The van der Waals surface area contributed by atoms with E-state index in [1.54, 1.807) is 12.4 Å². The number of ether oxygens (including phenoxy) is 1. The maximum Gasteiger partial charge on any atom is 0.404 e. The second-order valence-corrected chi connectivity index (χ2v) is 4.59. The molecule has 1 aliphatic rings. The number of hydrogen-bond acceptors (Lipinski definition) is 5. The molecule has 3 heterocycles. The summed E-state index contributed by atoms with van der Waals surface area (Å²) >= 11 is 0. The number of aromatic nitrogens is 3. The third kappa shape index (κ3) is 2.50. The first-order valence-electron chi connectivity index (χ1n) is 6.35. The molecule has 3 N–H and O–H groups in total. The lowest BCUT2D eigenvalue weighted by molar-refractivity contribution is 0.0409.